The number of benzene rings is 1. The molecule has 0 spiro atoms. The molecule has 1 aromatic carbocycles. The van der Waals surface area contributed by atoms with Gasteiger partial charge in [0, 0.05) is 13.1 Å². The van der Waals surface area contributed by atoms with Gasteiger partial charge in [-0.15, -0.1) is 11.3 Å². The number of imidazole rings is 1. The fourth-order valence-electron chi connectivity index (χ4n) is 3.84. The predicted molar refractivity (Wildman–Crippen MR) is 121 cm³/mol. The number of hydrogen-bond acceptors (Lipinski definition) is 5. The van der Waals surface area contributed by atoms with Gasteiger partial charge in [-0.05, 0) is 36.3 Å². The summed E-state index contributed by atoms with van der Waals surface area (Å²) in [5, 5.41) is 4.82. The molecule has 164 valence electrons. The maximum Gasteiger partial charge on any atom is 0.252 e. The second kappa shape index (κ2) is 9.33. The molecule has 9 heteroatoms. The number of nitrogens with one attached hydrogen (secondary N) is 2. The van der Waals surface area contributed by atoms with Crippen LogP contribution in [0.5, 0.6) is 0 Å². The van der Waals surface area contributed by atoms with Crippen LogP contribution >= 0.6 is 11.3 Å². The smallest absolute Gasteiger partial charge is 0.252 e. The molecule has 0 bridgehead atoms. The van der Waals surface area contributed by atoms with Crippen LogP contribution in [0.3, 0.4) is 0 Å². The number of nitrogens with zero attached hydrogens (tertiary/aromatic N) is 2. The standard InChI is InChI=1S/C22H26N4O3S2/c1-2-18(21-23-14-19(24-21)16-8-4-3-5-9-16)25-22(27)17-10-6-12-26(15-17)31(28,29)20-11-7-13-30-20/h3-5,7-9,11,13-14,17-18H,2,6,10,12,15H2,1H3,(H,23,24)(H,25,27). The number of aromatic amines is 1. The highest BCUT2D eigenvalue weighted by molar-refractivity contribution is 7.91. The quantitative estimate of drug-likeness (QED) is 0.563. The molecule has 1 amide bonds. The molecule has 1 saturated heterocycles. The van der Waals surface area contributed by atoms with Gasteiger partial charge < -0.3 is 10.3 Å². The summed E-state index contributed by atoms with van der Waals surface area (Å²) in [6, 6.07) is 13.0. The van der Waals surface area contributed by atoms with E-state index in [-0.39, 0.29) is 24.4 Å². The van der Waals surface area contributed by atoms with E-state index in [4.69, 9.17) is 0 Å². The fourth-order valence-corrected chi connectivity index (χ4v) is 6.51. The molecule has 7 nitrogen and oxygen atoms in total. The Morgan fingerprint density at radius 1 is 1.29 bits per heavy atom. The van der Waals surface area contributed by atoms with E-state index in [0.29, 0.717) is 35.8 Å². The van der Waals surface area contributed by atoms with E-state index >= 15 is 0 Å². The summed E-state index contributed by atoms with van der Waals surface area (Å²) in [4.78, 5) is 20.8. The Morgan fingerprint density at radius 2 is 2.10 bits per heavy atom. The van der Waals surface area contributed by atoms with Crippen LogP contribution in [0.2, 0.25) is 0 Å². The Labute approximate surface area is 186 Å². The largest absolute Gasteiger partial charge is 0.346 e. The Morgan fingerprint density at radius 3 is 2.81 bits per heavy atom. The molecule has 3 aromatic rings. The van der Waals surface area contributed by atoms with E-state index in [1.165, 1.54) is 15.6 Å². The average molecular weight is 459 g/mol. The van der Waals surface area contributed by atoms with Crippen molar-refractivity contribution in [3.05, 3.63) is 59.9 Å². The van der Waals surface area contributed by atoms with E-state index in [0.717, 1.165) is 11.3 Å². The zero-order valence-electron chi connectivity index (χ0n) is 17.3. The minimum atomic E-state index is -3.55. The van der Waals surface area contributed by atoms with Crippen LogP contribution in [0.4, 0.5) is 0 Å². The van der Waals surface area contributed by atoms with Gasteiger partial charge in [-0.3, -0.25) is 4.79 Å². The van der Waals surface area contributed by atoms with Gasteiger partial charge in [0.1, 0.15) is 10.0 Å². The average Bonchev–Trinajstić information content (AvgIpc) is 3.51. The van der Waals surface area contributed by atoms with Crippen LogP contribution in [-0.2, 0) is 14.8 Å². The Kier molecular flexibility index (Phi) is 6.54. The summed E-state index contributed by atoms with van der Waals surface area (Å²) in [5.74, 6) is 0.199. The van der Waals surface area contributed by atoms with Crippen LogP contribution in [0.1, 0.15) is 38.1 Å². The van der Waals surface area contributed by atoms with E-state index in [9.17, 15) is 13.2 Å². The number of aromatic nitrogens is 2. The van der Waals surface area contributed by atoms with Gasteiger partial charge in [0.15, 0.2) is 0 Å². The first kappa shape index (κ1) is 21.7. The van der Waals surface area contributed by atoms with Gasteiger partial charge in [0.25, 0.3) is 10.0 Å². The fraction of sp³-hybridized carbons (Fsp3) is 0.364. The van der Waals surface area contributed by atoms with Crippen LogP contribution < -0.4 is 5.32 Å². The number of carbonyl (C=O) groups excluding carboxylic acids is 1. The number of rotatable bonds is 7. The van der Waals surface area contributed by atoms with Crippen molar-refractivity contribution in [1.29, 1.82) is 0 Å². The van der Waals surface area contributed by atoms with Crippen LogP contribution in [-0.4, -0.2) is 41.7 Å². The minimum Gasteiger partial charge on any atom is -0.346 e. The lowest BCUT2D eigenvalue weighted by Gasteiger charge is -2.31. The van der Waals surface area contributed by atoms with Gasteiger partial charge in [0.2, 0.25) is 5.91 Å². The maximum atomic E-state index is 13.0. The lowest BCUT2D eigenvalue weighted by atomic mass is 9.98. The molecule has 2 N–H and O–H groups in total. The predicted octanol–water partition coefficient (Wildman–Crippen LogP) is 3.81. The van der Waals surface area contributed by atoms with Crippen molar-refractivity contribution in [3.63, 3.8) is 0 Å². The van der Waals surface area contributed by atoms with Gasteiger partial charge in [-0.1, -0.05) is 43.3 Å². The topological polar surface area (TPSA) is 95.2 Å². The number of thiophene rings is 1. The molecule has 4 rings (SSSR count). The normalized spacial score (nSPS) is 18.5. The molecular weight excluding hydrogens is 432 g/mol. The van der Waals surface area contributed by atoms with E-state index < -0.39 is 10.0 Å². The van der Waals surface area contributed by atoms with Gasteiger partial charge in [-0.2, -0.15) is 4.31 Å². The van der Waals surface area contributed by atoms with Gasteiger partial charge >= 0.3 is 0 Å². The van der Waals surface area contributed by atoms with Crippen molar-refractivity contribution in [2.45, 2.75) is 36.4 Å². The molecule has 2 unspecified atom stereocenters. The molecule has 1 fully saturated rings. The zero-order valence-corrected chi connectivity index (χ0v) is 19.0. The summed E-state index contributed by atoms with van der Waals surface area (Å²) < 4.78 is 27.4. The third-order valence-electron chi connectivity index (χ3n) is 5.58. The monoisotopic (exact) mass is 458 g/mol. The third kappa shape index (κ3) is 4.73. The Hall–Kier alpha value is -2.49. The van der Waals surface area contributed by atoms with E-state index in [1.54, 1.807) is 23.7 Å². The molecule has 0 saturated carbocycles. The number of amides is 1. The molecule has 3 heterocycles. The van der Waals surface area contributed by atoms with Crippen LogP contribution in [0.15, 0.2) is 58.3 Å². The van der Waals surface area contributed by atoms with Crippen LogP contribution in [0.25, 0.3) is 11.3 Å². The maximum absolute atomic E-state index is 13.0. The molecular formula is C22H26N4O3S2. The third-order valence-corrected chi connectivity index (χ3v) is 8.82. The summed E-state index contributed by atoms with van der Waals surface area (Å²) >= 11 is 1.20. The zero-order chi connectivity index (χ0) is 21.8. The summed E-state index contributed by atoms with van der Waals surface area (Å²) in [6.07, 6.45) is 3.79. The molecule has 2 aromatic heterocycles. The Bertz CT molecular complexity index is 1110. The lowest BCUT2D eigenvalue weighted by Crippen LogP contribution is -2.46. The number of H-pyrrole nitrogens is 1. The summed E-state index contributed by atoms with van der Waals surface area (Å²) in [7, 11) is -3.55. The molecule has 0 radical (unpaired) electrons. The molecule has 1 aliphatic rings. The highest BCUT2D eigenvalue weighted by atomic mass is 32.2. The molecule has 2 atom stereocenters. The molecule has 1 aliphatic heterocycles. The minimum absolute atomic E-state index is 0.129. The van der Waals surface area contributed by atoms with Crippen molar-refractivity contribution in [2.75, 3.05) is 13.1 Å². The number of carbonyl (C=O) groups is 1. The SMILES string of the molecule is CCC(NC(=O)C1CCCN(S(=O)(=O)c2cccs2)C1)c1ncc(-c2ccccc2)[nH]1. The Balaban J connectivity index is 1.44. The van der Waals surface area contributed by atoms with Gasteiger partial charge in [-0.25, -0.2) is 13.4 Å². The van der Waals surface area contributed by atoms with E-state index in [2.05, 4.69) is 15.3 Å². The van der Waals surface area contributed by atoms with Crippen molar-refractivity contribution in [3.8, 4) is 11.3 Å². The van der Waals surface area contributed by atoms with Crippen molar-refractivity contribution in [2.24, 2.45) is 5.92 Å². The van der Waals surface area contributed by atoms with Crippen molar-refractivity contribution in [1.82, 2.24) is 19.6 Å². The summed E-state index contributed by atoms with van der Waals surface area (Å²) in [6.45, 7) is 2.64. The first-order valence-electron chi connectivity index (χ1n) is 10.4. The summed E-state index contributed by atoms with van der Waals surface area (Å²) in [5.41, 5.74) is 1.93. The second-order valence-corrected chi connectivity index (χ2v) is 10.8. The number of hydrogen-bond donors (Lipinski definition) is 2. The van der Waals surface area contributed by atoms with Crippen LogP contribution in [0, 0.1) is 5.92 Å². The second-order valence-electron chi connectivity index (χ2n) is 7.65. The van der Waals surface area contributed by atoms with E-state index in [1.807, 2.05) is 37.3 Å². The van der Waals surface area contributed by atoms with Gasteiger partial charge in [0.05, 0.1) is 23.9 Å². The first-order valence-corrected chi connectivity index (χ1v) is 12.8. The first-order chi connectivity index (χ1) is 15.0. The number of sulfonamides is 1. The highest BCUT2D eigenvalue weighted by Crippen LogP contribution is 2.27. The molecule has 0 aliphatic carbocycles. The molecule has 31 heavy (non-hydrogen) atoms. The number of piperidine rings is 1. The van der Waals surface area contributed by atoms with Crippen molar-refractivity contribution < 1.29 is 13.2 Å². The highest BCUT2D eigenvalue weighted by Gasteiger charge is 2.34. The lowest BCUT2D eigenvalue weighted by molar-refractivity contribution is -0.126. The van der Waals surface area contributed by atoms with Crippen molar-refractivity contribution >= 4 is 27.3 Å².